The highest BCUT2D eigenvalue weighted by molar-refractivity contribution is 6.31. The summed E-state index contributed by atoms with van der Waals surface area (Å²) in [5.41, 5.74) is 10.1. The molecule has 2 N–H and O–H groups in total. The molecule has 2 nitrogen and oxygen atoms in total. The highest BCUT2D eigenvalue weighted by Gasteiger charge is 2.08. The van der Waals surface area contributed by atoms with Gasteiger partial charge in [-0.05, 0) is 48.2 Å². The van der Waals surface area contributed by atoms with Crippen LogP contribution in [0, 0.1) is 6.92 Å². The van der Waals surface area contributed by atoms with Crippen molar-refractivity contribution in [3.05, 3.63) is 64.8 Å². The number of fused-ring (bicyclic) bond motifs is 1. The molecule has 0 saturated heterocycles. The highest BCUT2D eigenvalue weighted by Crippen LogP contribution is 2.24. The molecule has 96 valence electrons. The van der Waals surface area contributed by atoms with Crippen LogP contribution in [0.15, 0.2) is 48.5 Å². The van der Waals surface area contributed by atoms with E-state index in [1.165, 1.54) is 16.6 Å². The zero-order valence-corrected chi connectivity index (χ0v) is 11.5. The molecule has 0 spiro atoms. The Bertz CT molecular complexity index is 744. The Kier molecular flexibility index (Phi) is 2.96. The summed E-state index contributed by atoms with van der Waals surface area (Å²) in [5.74, 6) is 0. The number of para-hydroxylation sites is 1. The van der Waals surface area contributed by atoms with E-state index in [4.69, 9.17) is 17.3 Å². The first kappa shape index (κ1) is 12.1. The number of anilines is 1. The standard InChI is InChI=1S/C16H15ClN2/c1-11-8-12-4-2-3-5-16(12)19(11)10-13-9-14(18)6-7-15(13)17/h2-9H,10,18H2,1H3. The summed E-state index contributed by atoms with van der Waals surface area (Å²) in [4.78, 5) is 0. The molecule has 0 aliphatic heterocycles. The van der Waals surface area contributed by atoms with Gasteiger partial charge in [0.25, 0.3) is 0 Å². The van der Waals surface area contributed by atoms with Crippen LogP contribution in [0.5, 0.6) is 0 Å². The number of aryl methyl sites for hydroxylation is 1. The second kappa shape index (κ2) is 4.63. The van der Waals surface area contributed by atoms with Crippen molar-refractivity contribution in [2.24, 2.45) is 0 Å². The lowest BCUT2D eigenvalue weighted by atomic mass is 10.2. The third kappa shape index (κ3) is 2.20. The summed E-state index contributed by atoms with van der Waals surface area (Å²) >= 11 is 6.25. The van der Waals surface area contributed by atoms with Crippen molar-refractivity contribution in [3.63, 3.8) is 0 Å². The van der Waals surface area contributed by atoms with Gasteiger partial charge in [0.2, 0.25) is 0 Å². The van der Waals surface area contributed by atoms with Crippen LogP contribution >= 0.6 is 11.6 Å². The van der Waals surface area contributed by atoms with Gasteiger partial charge in [-0.15, -0.1) is 0 Å². The number of nitrogen functional groups attached to an aromatic ring is 1. The molecular formula is C16H15ClN2. The Hall–Kier alpha value is -1.93. The first-order valence-corrected chi connectivity index (χ1v) is 6.62. The molecule has 0 atom stereocenters. The predicted molar refractivity (Wildman–Crippen MR) is 81.6 cm³/mol. The molecule has 0 bridgehead atoms. The average Bonchev–Trinajstić information content (AvgIpc) is 2.71. The minimum atomic E-state index is 0.739. The summed E-state index contributed by atoms with van der Waals surface area (Å²) in [7, 11) is 0. The van der Waals surface area contributed by atoms with E-state index in [9.17, 15) is 0 Å². The van der Waals surface area contributed by atoms with Crippen LogP contribution in [0.4, 0.5) is 5.69 Å². The largest absolute Gasteiger partial charge is 0.399 e. The first-order valence-electron chi connectivity index (χ1n) is 6.24. The van der Waals surface area contributed by atoms with Crippen molar-refractivity contribution in [2.75, 3.05) is 5.73 Å². The molecule has 2 aromatic carbocycles. The van der Waals surface area contributed by atoms with Crippen molar-refractivity contribution in [2.45, 2.75) is 13.5 Å². The number of halogens is 1. The molecule has 0 unspecified atom stereocenters. The topological polar surface area (TPSA) is 30.9 Å². The van der Waals surface area contributed by atoms with Crippen LogP contribution in [-0.4, -0.2) is 4.57 Å². The Morgan fingerprint density at radius 2 is 1.89 bits per heavy atom. The fourth-order valence-corrected chi connectivity index (χ4v) is 2.62. The fourth-order valence-electron chi connectivity index (χ4n) is 2.44. The lowest BCUT2D eigenvalue weighted by Crippen LogP contribution is -2.02. The number of hydrogen-bond donors (Lipinski definition) is 1. The zero-order valence-electron chi connectivity index (χ0n) is 10.7. The van der Waals surface area contributed by atoms with Gasteiger partial charge in [-0.3, -0.25) is 0 Å². The normalized spacial score (nSPS) is 11.1. The Balaban J connectivity index is 2.10. The maximum Gasteiger partial charge on any atom is 0.0494 e. The van der Waals surface area contributed by atoms with Gasteiger partial charge >= 0.3 is 0 Å². The number of hydrogen-bond acceptors (Lipinski definition) is 1. The van der Waals surface area contributed by atoms with Crippen molar-refractivity contribution >= 4 is 28.2 Å². The predicted octanol–water partition coefficient (Wildman–Crippen LogP) is 4.23. The number of nitrogens with zero attached hydrogens (tertiary/aromatic N) is 1. The Morgan fingerprint density at radius 1 is 1.11 bits per heavy atom. The summed E-state index contributed by atoms with van der Waals surface area (Å²) in [5, 5.41) is 2.01. The quantitative estimate of drug-likeness (QED) is 0.694. The summed E-state index contributed by atoms with van der Waals surface area (Å²) < 4.78 is 2.26. The van der Waals surface area contributed by atoms with E-state index in [1.807, 2.05) is 18.2 Å². The monoisotopic (exact) mass is 270 g/mol. The third-order valence-corrected chi connectivity index (χ3v) is 3.78. The molecule has 1 aromatic heterocycles. The summed E-state index contributed by atoms with van der Waals surface area (Å²) in [6, 6.07) is 16.2. The van der Waals surface area contributed by atoms with Gasteiger partial charge in [-0.2, -0.15) is 0 Å². The van der Waals surface area contributed by atoms with Gasteiger partial charge in [-0.25, -0.2) is 0 Å². The van der Waals surface area contributed by atoms with Crippen LogP contribution in [0.1, 0.15) is 11.3 Å². The van der Waals surface area contributed by atoms with E-state index < -0.39 is 0 Å². The van der Waals surface area contributed by atoms with Gasteiger partial charge in [-0.1, -0.05) is 29.8 Å². The van der Waals surface area contributed by atoms with Crippen LogP contribution in [0.3, 0.4) is 0 Å². The lowest BCUT2D eigenvalue weighted by Gasteiger charge is -2.10. The third-order valence-electron chi connectivity index (χ3n) is 3.42. The number of nitrogens with two attached hydrogens (primary N) is 1. The van der Waals surface area contributed by atoms with Crippen molar-refractivity contribution in [1.82, 2.24) is 4.57 Å². The minimum Gasteiger partial charge on any atom is -0.399 e. The van der Waals surface area contributed by atoms with E-state index in [1.54, 1.807) is 0 Å². The number of benzene rings is 2. The molecule has 1 heterocycles. The highest BCUT2D eigenvalue weighted by atomic mass is 35.5. The molecule has 19 heavy (non-hydrogen) atoms. The minimum absolute atomic E-state index is 0.739. The molecule has 0 radical (unpaired) electrons. The Labute approximate surface area is 117 Å². The van der Waals surface area contributed by atoms with Crippen LogP contribution in [0.25, 0.3) is 10.9 Å². The first-order chi connectivity index (χ1) is 9.15. The van der Waals surface area contributed by atoms with E-state index in [-0.39, 0.29) is 0 Å². The maximum absolute atomic E-state index is 6.25. The number of rotatable bonds is 2. The van der Waals surface area contributed by atoms with Crippen molar-refractivity contribution < 1.29 is 0 Å². The van der Waals surface area contributed by atoms with Crippen molar-refractivity contribution in [1.29, 1.82) is 0 Å². The van der Waals surface area contributed by atoms with E-state index in [0.717, 1.165) is 22.8 Å². The van der Waals surface area contributed by atoms with Gasteiger partial charge < -0.3 is 10.3 Å². The second-order valence-corrected chi connectivity index (χ2v) is 5.19. The van der Waals surface area contributed by atoms with E-state index >= 15 is 0 Å². The lowest BCUT2D eigenvalue weighted by molar-refractivity contribution is 0.805. The molecule has 0 fully saturated rings. The molecule has 3 heteroatoms. The van der Waals surface area contributed by atoms with E-state index in [0.29, 0.717) is 0 Å². The summed E-state index contributed by atoms with van der Waals surface area (Å²) in [6.07, 6.45) is 0. The molecular weight excluding hydrogens is 256 g/mol. The number of aromatic nitrogens is 1. The van der Waals surface area contributed by atoms with Crippen LogP contribution in [0.2, 0.25) is 5.02 Å². The smallest absolute Gasteiger partial charge is 0.0494 e. The van der Waals surface area contributed by atoms with Gasteiger partial charge in [0, 0.05) is 28.5 Å². The molecule has 0 aliphatic carbocycles. The average molecular weight is 271 g/mol. The second-order valence-electron chi connectivity index (χ2n) is 4.78. The Morgan fingerprint density at radius 3 is 2.74 bits per heavy atom. The molecule has 3 rings (SSSR count). The van der Waals surface area contributed by atoms with Gasteiger partial charge in [0.1, 0.15) is 0 Å². The molecule has 0 aliphatic rings. The van der Waals surface area contributed by atoms with E-state index in [2.05, 4.69) is 41.8 Å². The van der Waals surface area contributed by atoms with Crippen molar-refractivity contribution in [3.8, 4) is 0 Å². The fraction of sp³-hybridized carbons (Fsp3) is 0.125. The molecule has 0 saturated carbocycles. The van der Waals surface area contributed by atoms with Crippen LogP contribution < -0.4 is 5.73 Å². The SMILES string of the molecule is Cc1cc2ccccc2n1Cc1cc(N)ccc1Cl. The van der Waals surface area contributed by atoms with Gasteiger partial charge in [0.15, 0.2) is 0 Å². The maximum atomic E-state index is 6.25. The molecule has 0 amide bonds. The van der Waals surface area contributed by atoms with Gasteiger partial charge in [0.05, 0.1) is 0 Å². The molecule has 3 aromatic rings. The van der Waals surface area contributed by atoms with Crippen LogP contribution in [-0.2, 0) is 6.54 Å². The zero-order chi connectivity index (χ0) is 13.4. The summed E-state index contributed by atoms with van der Waals surface area (Å²) in [6.45, 7) is 2.85.